The summed E-state index contributed by atoms with van der Waals surface area (Å²) in [6.45, 7) is 2.64. The number of nitrogens with zero attached hydrogens (tertiary/aromatic N) is 4. The van der Waals surface area contributed by atoms with E-state index in [9.17, 15) is 24.2 Å². The number of piperidine rings is 1. The first kappa shape index (κ1) is 26.2. The number of likely N-dealkylation sites (tertiary alicyclic amines) is 1. The lowest BCUT2D eigenvalue weighted by Gasteiger charge is -2.37. The van der Waals surface area contributed by atoms with E-state index < -0.39 is 36.0 Å². The minimum absolute atomic E-state index is 0.0153. The van der Waals surface area contributed by atoms with E-state index in [2.05, 4.69) is 20.6 Å². The zero-order valence-electron chi connectivity index (χ0n) is 19.5. The molecule has 1 aromatic heterocycles. The van der Waals surface area contributed by atoms with Crippen molar-refractivity contribution in [1.29, 1.82) is 0 Å². The summed E-state index contributed by atoms with van der Waals surface area (Å²) in [4.78, 5) is 35.2. The molecule has 4 atom stereocenters. The van der Waals surface area contributed by atoms with Crippen LogP contribution in [0, 0.1) is 5.82 Å². The molecule has 2 saturated heterocycles. The summed E-state index contributed by atoms with van der Waals surface area (Å²) >= 11 is 12.2. The average molecular weight is 541 g/mol. The van der Waals surface area contributed by atoms with Crippen LogP contribution in [0.1, 0.15) is 37.8 Å². The van der Waals surface area contributed by atoms with E-state index in [1.807, 2.05) is 6.92 Å². The van der Waals surface area contributed by atoms with Crippen molar-refractivity contribution in [2.24, 2.45) is 0 Å². The topological polar surface area (TPSA) is 131 Å². The minimum atomic E-state index is -1.13. The number of aromatic nitrogens is 2. The molecule has 0 aliphatic carbocycles. The normalized spacial score (nSPS) is 22.9. The van der Waals surface area contributed by atoms with Crippen molar-refractivity contribution in [3.8, 4) is 0 Å². The van der Waals surface area contributed by atoms with Crippen molar-refractivity contribution in [2.75, 3.05) is 29.9 Å². The smallest absolute Gasteiger partial charge is 0.407 e. The number of aliphatic hydroxyl groups excluding tert-OH is 1. The van der Waals surface area contributed by atoms with E-state index in [1.165, 1.54) is 0 Å². The zero-order chi connectivity index (χ0) is 26.0. The van der Waals surface area contributed by atoms with Crippen LogP contribution in [0.3, 0.4) is 0 Å². The summed E-state index contributed by atoms with van der Waals surface area (Å²) in [6, 6.07) is 3.37. The van der Waals surface area contributed by atoms with Crippen molar-refractivity contribution in [3.63, 3.8) is 0 Å². The molecule has 10 nitrogen and oxygen atoms in total. The van der Waals surface area contributed by atoms with Gasteiger partial charge in [-0.1, -0.05) is 29.3 Å². The molecular formula is C23H27Cl2FN6O4. The molecule has 0 radical (unpaired) electrons. The Morgan fingerprint density at radius 1 is 1.25 bits per heavy atom. The third-order valence-electron chi connectivity index (χ3n) is 6.51. The molecule has 2 aromatic rings. The largest absolute Gasteiger partial charge is 0.465 e. The van der Waals surface area contributed by atoms with Gasteiger partial charge < -0.3 is 25.7 Å². The van der Waals surface area contributed by atoms with Crippen LogP contribution in [-0.4, -0.2) is 74.9 Å². The van der Waals surface area contributed by atoms with Crippen LogP contribution >= 0.6 is 23.2 Å². The van der Waals surface area contributed by atoms with Gasteiger partial charge in [0.05, 0.1) is 24.4 Å². The van der Waals surface area contributed by atoms with Crippen LogP contribution in [0.5, 0.6) is 0 Å². The third kappa shape index (κ3) is 5.74. The van der Waals surface area contributed by atoms with E-state index in [1.54, 1.807) is 23.1 Å². The summed E-state index contributed by atoms with van der Waals surface area (Å²) in [5, 5.41) is 26.7. The Morgan fingerprint density at radius 2 is 2.03 bits per heavy atom. The summed E-state index contributed by atoms with van der Waals surface area (Å²) in [5.74, 6) is -0.840. The van der Waals surface area contributed by atoms with E-state index in [0.717, 1.165) is 16.7 Å². The highest BCUT2D eigenvalue weighted by Gasteiger charge is 2.37. The van der Waals surface area contributed by atoms with Gasteiger partial charge in [-0.3, -0.25) is 9.69 Å². The SMILES string of the molecule is C[C@@H](Nc1nc(N2CC[C@H](NC(=O)[C@H]3CCCN3C(=O)O)[C@H](O)C2)ncc1F)c1ccc(Cl)cc1Cl. The van der Waals surface area contributed by atoms with Crippen LogP contribution < -0.4 is 15.5 Å². The molecule has 2 fully saturated rings. The number of β-amino-alcohol motifs (C(OH)–C–C–N with tert-alkyl or cyclic N) is 1. The van der Waals surface area contributed by atoms with Gasteiger partial charge in [0.2, 0.25) is 11.9 Å². The molecular weight excluding hydrogens is 514 g/mol. The van der Waals surface area contributed by atoms with Crippen molar-refractivity contribution in [3.05, 3.63) is 45.8 Å². The molecule has 36 heavy (non-hydrogen) atoms. The number of hydrogen-bond acceptors (Lipinski definition) is 7. The number of aliphatic hydroxyl groups is 1. The molecule has 4 N–H and O–H groups in total. The van der Waals surface area contributed by atoms with Crippen molar-refractivity contribution in [2.45, 2.75) is 50.4 Å². The van der Waals surface area contributed by atoms with Crippen LogP contribution in [0.25, 0.3) is 0 Å². The predicted molar refractivity (Wildman–Crippen MR) is 133 cm³/mol. The van der Waals surface area contributed by atoms with Gasteiger partial charge in [0.15, 0.2) is 11.6 Å². The van der Waals surface area contributed by atoms with E-state index in [4.69, 9.17) is 23.2 Å². The number of carbonyl (C=O) groups excluding carboxylic acids is 1. The quantitative estimate of drug-likeness (QED) is 0.439. The first-order valence-corrected chi connectivity index (χ1v) is 12.4. The maximum absolute atomic E-state index is 14.5. The Labute approximate surface area is 217 Å². The van der Waals surface area contributed by atoms with Crippen LogP contribution in [-0.2, 0) is 4.79 Å². The summed E-state index contributed by atoms with van der Waals surface area (Å²) in [6.07, 6.45) is 0.431. The Morgan fingerprint density at radius 3 is 2.72 bits per heavy atom. The van der Waals surface area contributed by atoms with Crippen molar-refractivity contribution in [1.82, 2.24) is 20.2 Å². The predicted octanol–water partition coefficient (Wildman–Crippen LogP) is 3.29. The molecule has 3 heterocycles. The summed E-state index contributed by atoms with van der Waals surface area (Å²) in [5.41, 5.74) is 0.719. The molecule has 0 saturated carbocycles. The Hall–Kier alpha value is -2.89. The van der Waals surface area contributed by atoms with Gasteiger partial charge in [0, 0.05) is 29.7 Å². The highest BCUT2D eigenvalue weighted by molar-refractivity contribution is 6.35. The van der Waals surface area contributed by atoms with Crippen molar-refractivity contribution >= 4 is 47.0 Å². The first-order valence-electron chi connectivity index (χ1n) is 11.6. The Kier molecular flexibility index (Phi) is 8.01. The molecule has 1 aromatic carbocycles. The number of anilines is 2. The zero-order valence-corrected chi connectivity index (χ0v) is 21.0. The molecule has 4 rings (SSSR count). The van der Waals surface area contributed by atoms with Crippen molar-refractivity contribution < 1.29 is 24.2 Å². The van der Waals surface area contributed by atoms with Crippen LogP contribution in [0.4, 0.5) is 21.0 Å². The second kappa shape index (κ2) is 11.0. The molecule has 2 aliphatic heterocycles. The third-order valence-corrected chi connectivity index (χ3v) is 7.07. The molecule has 0 spiro atoms. The Balaban J connectivity index is 1.39. The number of rotatable bonds is 6. The number of halogens is 3. The molecule has 13 heteroatoms. The number of benzene rings is 1. The van der Waals surface area contributed by atoms with Gasteiger partial charge >= 0.3 is 6.09 Å². The van der Waals surface area contributed by atoms with E-state index in [-0.39, 0.29) is 24.4 Å². The average Bonchev–Trinajstić information content (AvgIpc) is 3.32. The lowest BCUT2D eigenvalue weighted by molar-refractivity contribution is -0.126. The van der Waals surface area contributed by atoms with E-state index in [0.29, 0.717) is 42.4 Å². The molecule has 2 aliphatic rings. The number of carbonyl (C=O) groups is 2. The fourth-order valence-electron chi connectivity index (χ4n) is 4.58. The fraction of sp³-hybridized carbons (Fsp3) is 0.478. The monoisotopic (exact) mass is 540 g/mol. The number of hydrogen-bond donors (Lipinski definition) is 4. The second-order valence-electron chi connectivity index (χ2n) is 8.95. The highest BCUT2D eigenvalue weighted by Crippen LogP contribution is 2.29. The van der Waals surface area contributed by atoms with Crippen LogP contribution in [0.2, 0.25) is 10.0 Å². The second-order valence-corrected chi connectivity index (χ2v) is 9.79. The minimum Gasteiger partial charge on any atom is -0.465 e. The molecule has 2 amide bonds. The lowest BCUT2D eigenvalue weighted by Crippen LogP contribution is -2.57. The maximum atomic E-state index is 14.5. The van der Waals surface area contributed by atoms with Gasteiger partial charge in [-0.2, -0.15) is 4.98 Å². The van der Waals surface area contributed by atoms with E-state index >= 15 is 0 Å². The number of nitrogens with one attached hydrogen (secondary N) is 2. The number of carboxylic acid groups (broad SMARTS) is 1. The van der Waals surface area contributed by atoms with Gasteiger partial charge in [0.25, 0.3) is 0 Å². The van der Waals surface area contributed by atoms with Gasteiger partial charge in [0.1, 0.15) is 6.04 Å². The van der Waals surface area contributed by atoms with Gasteiger partial charge in [-0.15, -0.1) is 0 Å². The molecule has 0 bridgehead atoms. The lowest BCUT2D eigenvalue weighted by atomic mass is 10.0. The molecule has 0 unspecified atom stereocenters. The molecule has 194 valence electrons. The highest BCUT2D eigenvalue weighted by atomic mass is 35.5. The van der Waals surface area contributed by atoms with Crippen LogP contribution in [0.15, 0.2) is 24.4 Å². The van der Waals surface area contributed by atoms with Gasteiger partial charge in [-0.25, -0.2) is 14.2 Å². The summed E-state index contributed by atoms with van der Waals surface area (Å²) in [7, 11) is 0. The maximum Gasteiger partial charge on any atom is 0.407 e. The number of amides is 2. The Bertz CT molecular complexity index is 1140. The first-order chi connectivity index (χ1) is 17.1. The fourth-order valence-corrected chi connectivity index (χ4v) is 5.15. The van der Waals surface area contributed by atoms with Gasteiger partial charge in [-0.05, 0) is 43.9 Å². The summed E-state index contributed by atoms with van der Waals surface area (Å²) < 4.78 is 14.5. The standard InChI is InChI=1S/C23H27Cl2FN6O4/c1-12(14-5-4-13(24)9-15(14)25)28-20-16(26)10-27-22(30-20)31-8-6-17(19(33)11-31)29-21(34)18-3-2-7-32(18)23(35)36/h4-5,9-10,12,17-19,33H,2-3,6-8,11H2,1H3,(H,29,34)(H,35,36)(H,27,28,30)/t12-,17+,18-,19-/m1/s1.